The van der Waals surface area contributed by atoms with Crippen molar-refractivity contribution >= 4 is 11.8 Å². The van der Waals surface area contributed by atoms with Crippen molar-refractivity contribution in [3.05, 3.63) is 83.9 Å². The summed E-state index contributed by atoms with van der Waals surface area (Å²) in [6.07, 6.45) is 0.491. The minimum Gasteiger partial charge on any atom is -0.366 e. The monoisotopic (exact) mass is 337 g/mol. The van der Waals surface area contributed by atoms with Crippen LogP contribution >= 0.6 is 0 Å². The molecule has 2 aromatic carbocycles. The number of benzene rings is 2. The molecular formula is C20H19NO4. The van der Waals surface area contributed by atoms with Crippen LogP contribution in [0.3, 0.4) is 0 Å². The van der Waals surface area contributed by atoms with E-state index in [-0.39, 0.29) is 13.0 Å². The zero-order valence-corrected chi connectivity index (χ0v) is 13.7. The number of rotatable bonds is 7. The van der Waals surface area contributed by atoms with E-state index in [1.54, 1.807) is 30.3 Å². The molecule has 5 nitrogen and oxygen atoms in total. The number of amides is 2. The summed E-state index contributed by atoms with van der Waals surface area (Å²) in [6.45, 7) is 3.84. The number of carbonyl (C=O) groups excluding carboxylic acids is 2. The second-order valence-electron chi connectivity index (χ2n) is 5.80. The third-order valence-electron chi connectivity index (χ3n) is 4.16. The van der Waals surface area contributed by atoms with Crippen molar-refractivity contribution in [3.8, 4) is 0 Å². The lowest BCUT2D eigenvalue weighted by atomic mass is 10.1. The number of aliphatic hydroxyl groups is 1. The normalized spacial score (nSPS) is 15.8. The van der Waals surface area contributed by atoms with E-state index in [1.165, 1.54) is 0 Å². The second-order valence-corrected chi connectivity index (χ2v) is 5.80. The molecule has 1 aliphatic rings. The van der Waals surface area contributed by atoms with Crippen molar-refractivity contribution in [1.82, 2.24) is 4.90 Å². The van der Waals surface area contributed by atoms with Gasteiger partial charge in [0.25, 0.3) is 11.8 Å². The fraction of sp³-hybridized carbons (Fsp3) is 0.200. The average Bonchev–Trinajstić information content (AvgIpc) is 2.90. The Kier molecular flexibility index (Phi) is 5.07. The van der Waals surface area contributed by atoms with Gasteiger partial charge in [0.1, 0.15) is 0 Å². The maximum atomic E-state index is 12.6. The van der Waals surface area contributed by atoms with Crippen LogP contribution in [0.25, 0.3) is 0 Å². The van der Waals surface area contributed by atoms with Gasteiger partial charge in [0.15, 0.2) is 6.29 Å². The summed E-state index contributed by atoms with van der Waals surface area (Å²) in [4.78, 5) is 26.3. The summed E-state index contributed by atoms with van der Waals surface area (Å²) >= 11 is 0. The molecule has 2 atom stereocenters. The van der Waals surface area contributed by atoms with Crippen molar-refractivity contribution < 1.29 is 19.4 Å². The zero-order chi connectivity index (χ0) is 17.8. The van der Waals surface area contributed by atoms with Crippen molar-refractivity contribution in [2.24, 2.45) is 0 Å². The van der Waals surface area contributed by atoms with E-state index in [1.807, 2.05) is 30.3 Å². The molecule has 2 unspecified atom stereocenters. The van der Waals surface area contributed by atoms with Crippen LogP contribution in [0.5, 0.6) is 0 Å². The Hall–Kier alpha value is -2.76. The Morgan fingerprint density at radius 1 is 1.00 bits per heavy atom. The van der Waals surface area contributed by atoms with Crippen LogP contribution in [0.2, 0.25) is 0 Å². The molecule has 3 rings (SSSR count). The molecular weight excluding hydrogens is 318 g/mol. The highest BCUT2D eigenvalue weighted by Crippen LogP contribution is 2.27. The first-order valence-corrected chi connectivity index (χ1v) is 8.05. The maximum absolute atomic E-state index is 12.6. The van der Waals surface area contributed by atoms with Crippen molar-refractivity contribution in [2.45, 2.75) is 25.4 Å². The van der Waals surface area contributed by atoms with Crippen LogP contribution in [0, 0.1) is 0 Å². The molecule has 0 aromatic heterocycles. The summed E-state index contributed by atoms with van der Waals surface area (Å²) in [5.41, 5.74) is 1.58. The highest BCUT2D eigenvalue weighted by atomic mass is 16.6. The van der Waals surface area contributed by atoms with E-state index >= 15 is 0 Å². The molecule has 0 radical (unpaired) electrons. The first kappa shape index (κ1) is 17.1. The summed E-state index contributed by atoms with van der Waals surface area (Å²) in [5.74, 6) is -0.843. The van der Waals surface area contributed by atoms with Gasteiger partial charge in [0.05, 0.1) is 23.8 Å². The molecule has 0 aliphatic carbocycles. The first-order valence-electron chi connectivity index (χ1n) is 8.05. The Labute approximate surface area is 146 Å². The molecule has 1 aliphatic heterocycles. The van der Waals surface area contributed by atoms with E-state index in [0.29, 0.717) is 11.1 Å². The Bertz CT molecular complexity index is 752. The largest absolute Gasteiger partial charge is 0.366 e. The third-order valence-corrected chi connectivity index (χ3v) is 4.16. The topological polar surface area (TPSA) is 66.8 Å². The molecule has 5 heteroatoms. The van der Waals surface area contributed by atoms with Gasteiger partial charge in [-0.25, -0.2) is 0 Å². The molecule has 1 N–H and O–H groups in total. The fourth-order valence-corrected chi connectivity index (χ4v) is 2.90. The average molecular weight is 337 g/mol. The summed E-state index contributed by atoms with van der Waals surface area (Å²) in [6, 6.07) is 15.2. The SMILES string of the molecule is C=CCC(C(O)OCc1ccccc1)N1C(=O)c2ccccc2C1=O. The number of fused-ring (bicyclic) bond motifs is 1. The van der Waals surface area contributed by atoms with Gasteiger partial charge in [-0.15, -0.1) is 6.58 Å². The predicted molar refractivity (Wildman–Crippen MR) is 92.8 cm³/mol. The van der Waals surface area contributed by atoms with Gasteiger partial charge in [-0.05, 0) is 24.1 Å². The number of imide groups is 1. The van der Waals surface area contributed by atoms with Gasteiger partial charge in [-0.3, -0.25) is 14.5 Å². The van der Waals surface area contributed by atoms with E-state index in [4.69, 9.17) is 4.74 Å². The molecule has 2 aromatic rings. The minimum absolute atomic E-state index is 0.179. The van der Waals surface area contributed by atoms with Crippen LogP contribution in [-0.2, 0) is 11.3 Å². The zero-order valence-electron chi connectivity index (χ0n) is 13.7. The molecule has 0 fully saturated rings. The molecule has 0 saturated heterocycles. The van der Waals surface area contributed by atoms with Crippen LogP contribution in [0.1, 0.15) is 32.7 Å². The number of nitrogens with zero attached hydrogens (tertiary/aromatic N) is 1. The summed E-state index contributed by atoms with van der Waals surface area (Å²) in [5, 5.41) is 10.5. The molecule has 0 bridgehead atoms. The highest BCUT2D eigenvalue weighted by molar-refractivity contribution is 6.21. The number of hydrogen-bond donors (Lipinski definition) is 1. The Balaban J connectivity index is 1.78. The van der Waals surface area contributed by atoms with E-state index in [0.717, 1.165) is 10.5 Å². The summed E-state index contributed by atoms with van der Waals surface area (Å²) in [7, 11) is 0. The van der Waals surface area contributed by atoms with Gasteiger partial charge in [0, 0.05) is 0 Å². The number of hydrogen-bond acceptors (Lipinski definition) is 4. The van der Waals surface area contributed by atoms with Crippen molar-refractivity contribution in [2.75, 3.05) is 0 Å². The Morgan fingerprint density at radius 2 is 1.56 bits per heavy atom. The van der Waals surface area contributed by atoms with Crippen molar-refractivity contribution in [3.63, 3.8) is 0 Å². The van der Waals surface area contributed by atoms with Crippen molar-refractivity contribution in [1.29, 1.82) is 0 Å². The van der Waals surface area contributed by atoms with Gasteiger partial charge in [-0.2, -0.15) is 0 Å². The first-order chi connectivity index (χ1) is 12.1. The second kappa shape index (κ2) is 7.42. The quantitative estimate of drug-likeness (QED) is 0.479. The van der Waals surface area contributed by atoms with Crippen LogP contribution in [-0.4, -0.2) is 34.2 Å². The van der Waals surface area contributed by atoms with Gasteiger partial charge < -0.3 is 9.84 Å². The highest BCUT2D eigenvalue weighted by Gasteiger charge is 2.42. The van der Waals surface area contributed by atoms with E-state index in [9.17, 15) is 14.7 Å². The molecule has 0 saturated carbocycles. The van der Waals surface area contributed by atoms with E-state index < -0.39 is 24.1 Å². The van der Waals surface area contributed by atoms with Gasteiger partial charge in [-0.1, -0.05) is 48.5 Å². The standard InChI is InChI=1S/C20H19NO4/c1-2-8-17(20(24)25-13-14-9-4-3-5-10-14)21-18(22)15-11-6-7-12-16(15)19(21)23/h2-7,9-12,17,20,24H,1,8,13H2. The number of ether oxygens (including phenoxy) is 1. The molecule has 1 heterocycles. The molecule has 0 spiro atoms. The lowest BCUT2D eigenvalue weighted by Gasteiger charge is -2.29. The van der Waals surface area contributed by atoms with Crippen LogP contribution < -0.4 is 0 Å². The Morgan fingerprint density at radius 3 is 2.12 bits per heavy atom. The maximum Gasteiger partial charge on any atom is 0.261 e. The minimum atomic E-state index is -1.31. The smallest absolute Gasteiger partial charge is 0.261 e. The molecule has 25 heavy (non-hydrogen) atoms. The van der Waals surface area contributed by atoms with Gasteiger partial charge in [0.2, 0.25) is 0 Å². The summed E-state index contributed by atoms with van der Waals surface area (Å²) < 4.78 is 5.51. The number of aliphatic hydroxyl groups excluding tert-OH is 1. The van der Waals surface area contributed by atoms with E-state index in [2.05, 4.69) is 6.58 Å². The predicted octanol–water partition coefficient (Wildman–Crippen LogP) is 2.76. The molecule has 2 amide bonds. The van der Waals surface area contributed by atoms with Crippen LogP contribution in [0.4, 0.5) is 0 Å². The lowest BCUT2D eigenvalue weighted by molar-refractivity contribution is -0.139. The fourth-order valence-electron chi connectivity index (χ4n) is 2.90. The lowest BCUT2D eigenvalue weighted by Crippen LogP contribution is -2.47. The third kappa shape index (κ3) is 3.38. The molecule has 128 valence electrons. The van der Waals surface area contributed by atoms with Gasteiger partial charge >= 0.3 is 0 Å². The van der Waals surface area contributed by atoms with Crippen LogP contribution in [0.15, 0.2) is 67.3 Å². The number of carbonyl (C=O) groups is 2.